The van der Waals surface area contributed by atoms with Gasteiger partial charge in [-0.25, -0.2) is 4.98 Å². The molecule has 0 unspecified atom stereocenters. The van der Waals surface area contributed by atoms with Crippen molar-refractivity contribution in [3.63, 3.8) is 0 Å². The van der Waals surface area contributed by atoms with Gasteiger partial charge in [0, 0.05) is 41.2 Å². The molecule has 0 saturated heterocycles. The van der Waals surface area contributed by atoms with Crippen molar-refractivity contribution in [1.29, 1.82) is 5.41 Å². The van der Waals surface area contributed by atoms with Crippen LogP contribution < -0.4 is 10.3 Å². The zero-order chi connectivity index (χ0) is 17.3. The second-order valence-corrected chi connectivity index (χ2v) is 7.44. The molecule has 26 heavy (non-hydrogen) atoms. The Balaban J connectivity index is 1.77. The van der Waals surface area contributed by atoms with E-state index in [1.54, 1.807) is 0 Å². The molecule has 0 radical (unpaired) electrons. The SMILES string of the molecule is N=c1cc2oc3c4c5c(cc3nc-2c2ccccc12)CCCN5CCC4. The Morgan fingerprint density at radius 3 is 2.69 bits per heavy atom. The van der Waals surface area contributed by atoms with Crippen molar-refractivity contribution >= 4 is 27.6 Å². The van der Waals surface area contributed by atoms with Crippen molar-refractivity contribution in [2.75, 3.05) is 18.0 Å². The molecule has 128 valence electrons. The molecule has 2 aromatic rings. The number of fused-ring (bicyclic) bond motifs is 5. The maximum Gasteiger partial charge on any atom is 0.158 e. The molecule has 0 saturated carbocycles. The van der Waals surface area contributed by atoms with E-state index in [1.807, 2.05) is 30.3 Å². The highest BCUT2D eigenvalue weighted by molar-refractivity contribution is 5.97. The minimum Gasteiger partial charge on any atom is -0.452 e. The molecule has 0 atom stereocenters. The third-order valence-electron chi connectivity index (χ3n) is 5.88. The minimum absolute atomic E-state index is 0.492. The van der Waals surface area contributed by atoms with Crippen LogP contribution in [0.4, 0.5) is 5.69 Å². The lowest BCUT2D eigenvalue weighted by Crippen LogP contribution is -2.34. The minimum atomic E-state index is 0.492. The second-order valence-electron chi connectivity index (χ2n) is 7.44. The van der Waals surface area contributed by atoms with Crippen LogP contribution in [0.15, 0.2) is 40.8 Å². The Bertz CT molecular complexity index is 1220. The van der Waals surface area contributed by atoms with Crippen molar-refractivity contribution in [1.82, 2.24) is 4.98 Å². The fourth-order valence-corrected chi connectivity index (χ4v) is 4.77. The first kappa shape index (κ1) is 14.3. The molecule has 0 amide bonds. The highest BCUT2D eigenvalue weighted by Gasteiger charge is 2.28. The van der Waals surface area contributed by atoms with Crippen molar-refractivity contribution < 1.29 is 4.42 Å². The molecule has 2 aromatic carbocycles. The van der Waals surface area contributed by atoms with E-state index in [-0.39, 0.29) is 0 Å². The average Bonchev–Trinajstić information content (AvgIpc) is 2.68. The summed E-state index contributed by atoms with van der Waals surface area (Å²) in [4.78, 5) is 7.54. The quantitative estimate of drug-likeness (QED) is 0.384. The van der Waals surface area contributed by atoms with Crippen molar-refractivity contribution in [2.24, 2.45) is 0 Å². The van der Waals surface area contributed by atoms with Crippen LogP contribution in [0.25, 0.3) is 33.3 Å². The van der Waals surface area contributed by atoms with Gasteiger partial charge < -0.3 is 14.7 Å². The van der Waals surface area contributed by atoms with Gasteiger partial charge in [-0.15, -0.1) is 0 Å². The topological polar surface area (TPSA) is 53.1 Å². The fraction of sp³-hybridized carbons (Fsp3) is 0.273. The van der Waals surface area contributed by atoms with Crippen LogP contribution in [-0.4, -0.2) is 18.1 Å². The van der Waals surface area contributed by atoms with Crippen LogP contribution in [0.3, 0.4) is 0 Å². The number of rotatable bonds is 0. The molecular weight excluding hydrogens is 322 g/mol. The van der Waals surface area contributed by atoms with E-state index in [4.69, 9.17) is 14.8 Å². The highest BCUT2D eigenvalue weighted by atomic mass is 16.3. The molecule has 4 heteroatoms. The zero-order valence-corrected chi connectivity index (χ0v) is 14.5. The number of aryl methyl sites for hydroxylation is 2. The molecule has 6 rings (SSSR count). The molecular formula is C22H19N3O. The number of anilines is 1. The molecule has 4 nitrogen and oxygen atoms in total. The van der Waals surface area contributed by atoms with Gasteiger partial charge >= 0.3 is 0 Å². The first-order chi connectivity index (χ1) is 12.8. The molecule has 1 aliphatic carbocycles. The first-order valence-corrected chi connectivity index (χ1v) is 9.40. The first-order valence-electron chi connectivity index (χ1n) is 9.40. The summed E-state index contributed by atoms with van der Waals surface area (Å²) < 4.78 is 6.40. The van der Waals surface area contributed by atoms with Gasteiger partial charge in [-0.05, 0) is 37.3 Å². The molecule has 4 aliphatic rings. The molecule has 3 heterocycles. The Morgan fingerprint density at radius 2 is 1.81 bits per heavy atom. The summed E-state index contributed by atoms with van der Waals surface area (Å²) in [6.07, 6.45) is 4.56. The lowest BCUT2D eigenvalue weighted by Gasteiger charge is -2.37. The van der Waals surface area contributed by atoms with Gasteiger partial charge in [0.05, 0.1) is 5.36 Å². The molecule has 1 N–H and O–H groups in total. The van der Waals surface area contributed by atoms with E-state index in [1.165, 1.54) is 29.7 Å². The molecule has 0 spiro atoms. The Hall–Kier alpha value is -2.88. The lowest BCUT2D eigenvalue weighted by molar-refractivity contribution is 0.590. The van der Waals surface area contributed by atoms with Crippen molar-refractivity contribution in [3.8, 4) is 11.5 Å². The van der Waals surface area contributed by atoms with Crippen LogP contribution in [0, 0.1) is 5.41 Å². The summed E-state index contributed by atoms with van der Waals surface area (Å²) in [5.74, 6) is 0.713. The van der Waals surface area contributed by atoms with Crippen LogP contribution in [0.1, 0.15) is 24.0 Å². The molecule has 0 fully saturated rings. The Labute approximate surface area is 150 Å². The van der Waals surface area contributed by atoms with Crippen molar-refractivity contribution in [2.45, 2.75) is 25.7 Å². The van der Waals surface area contributed by atoms with Gasteiger partial charge in [0.15, 0.2) is 11.3 Å². The van der Waals surface area contributed by atoms with Gasteiger partial charge in [0.25, 0.3) is 0 Å². The number of nitrogens with one attached hydrogen (secondary N) is 1. The summed E-state index contributed by atoms with van der Waals surface area (Å²) in [7, 11) is 0. The summed E-state index contributed by atoms with van der Waals surface area (Å²) in [6.45, 7) is 2.29. The van der Waals surface area contributed by atoms with Crippen LogP contribution in [0.5, 0.6) is 0 Å². The zero-order valence-electron chi connectivity index (χ0n) is 14.5. The lowest BCUT2D eigenvalue weighted by atomic mass is 9.91. The van der Waals surface area contributed by atoms with Crippen LogP contribution >= 0.6 is 0 Å². The monoisotopic (exact) mass is 341 g/mol. The van der Waals surface area contributed by atoms with Gasteiger partial charge in [0.2, 0.25) is 0 Å². The van der Waals surface area contributed by atoms with Gasteiger partial charge in [0.1, 0.15) is 11.2 Å². The number of aromatic nitrogens is 1. The van der Waals surface area contributed by atoms with E-state index in [9.17, 15) is 0 Å². The molecule has 0 aromatic heterocycles. The maximum absolute atomic E-state index is 8.35. The number of hydrogen-bond donors (Lipinski definition) is 1. The summed E-state index contributed by atoms with van der Waals surface area (Å²) in [5.41, 5.74) is 6.86. The Morgan fingerprint density at radius 1 is 1.00 bits per heavy atom. The second kappa shape index (κ2) is 5.07. The largest absolute Gasteiger partial charge is 0.452 e. The smallest absolute Gasteiger partial charge is 0.158 e. The van der Waals surface area contributed by atoms with E-state index in [0.717, 1.165) is 53.5 Å². The van der Waals surface area contributed by atoms with E-state index in [2.05, 4.69) is 11.0 Å². The normalized spacial score (nSPS) is 16.4. The van der Waals surface area contributed by atoms with E-state index < -0.39 is 0 Å². The number of nitrogens with zero attached hydrogens (tertiary/aromatic N) is 2. The maximum atomic E-state index is 8.35. The number of benzene rings is 3. The molecule has 3 aliphatic heterocycles. The fourth-order valence-electron chi connectivity index (χ4n) is 4.77. The van der Waals surface area contributed by atoms with Gasteiger partial charge in [-0.2, -0.15) is 0 Å². The van der Waals surface area contributed by atoms with Crippen LogP contribution in [-0.2, 0) is 12.8 Å². The molecule has 0 bridgehead atoms. The highest BCUT2D eigenvalue weighted by Crippen LogP contribution is 2.41. The standard InChI is InChI=1S/C22H19N3O/c23-17-12-19-20(15-7-2-1-6-14(15)17)24-18-11-13-5-3-9-25-10-4-8-16(21(13)25)22(18)26-19/h1-2,6-7,11-12,23H,3-5,8-10H2. The summed E-state index contributed by atoms with van der Waals surface area (Å²) >= 11 is 0. The average molecular weight is 341 g/mol. The van der Waals surface area contributed by atoms with Crippen LogP contribution in [0.2, 0.25) is 0 Å². The third kappa shape index (κ3) is 1.84. The van der Waals surface area contributed by atoms with Gasteiger partial charge in [-0.3, -0.25) is 0 Å². The van der Waals surface area contributed by atoms with Gasteiger partial charge in [-0.1, -0.05) is 24.3 Å². The van der Waals surface area contributed by atoms with E-state index >= 15 is 0 Å². The third-order valence-corrected chi connectivity index (χ3v) is 5.88. The summed E-state index contributed by atoms with van der Waals surface area (Å²) in [6, 6.07) is 12.0. The summed E-state index contributed by atoms with van der Waals surface area (Å²) in [5, 5.41) is 10.8. The van der Waals surface area contributed by atoms with Crippen molar-refractivity contribution in [3.05, 3.63) is 52.9 Å². The number of hydrogen-bond acceptors (Lipinski definition) is 4. The predicted molar refractivity (Wildman–Crippen MR) is 103 cm³/mol. The Kier molecular flexibility index (Phi) is 2.79. The predicted octanol–water partition coefficient (Wildman–Crippen LogP) is 4.26. The van der Waals surface area contributed by atoms with E-state index in [0.29, 0.717) is 11.1 Å².